The molecule has 1 N–H and O–H groups in total. The molecule has 0 saturated carbocycles. The fourth-order valence-electron chi connectivity index (χ4n) is 9.02. The maximum Gasteiger partial charge on any atom is 0.313 e. The molecular formula is C41H60BrN3O7. The minimum absolute atomic E-state index is 0.114. The Morgan fingerprint density at radius 1 is 1.12 bits per heavy atom. The number of carbonyl (C=O) groups is 4. The molecular weight excluding hydrogens is 726 g/mol. The van der Waals surface area contributed by atoms with E-state index in [1.54, 1.807) is 29.0 Å². The van der Waals surface area contributed by atoms with Gasteiger partial charge in [-0.1, -0.05) is 93.0 Å². The number of halogens is 1. The minimum atomic E-state index is -1.35. The Bertz CT molecular complexity index is 1490. The van der Waals surface area contributed by atoms with Crippen LogP contribution in [0.25, 0.3) is 0 Å². The monoisotopic (exact) mass is 785 g/mol. The van der Waals surface area contributed by atoms with Gasteiger partial charge in [0.05, 0.1) is 36.6 Å². The summed E-state index contributed by atoms with van der Waals surface area (Å²) in [5, 5.41) is 10.7. The van der Waals surface area contributed by atoms with Crippen LogP contribution in [-0.2, 0) is 28.7 Å². The van der Waals surface area contributed by atoms with Crippen molar-refractivity contribution in [3.8, 4) is 0 Å². The molecule has 1 aromatic carbocycles. The Hall–Kier alpha value is -3.02. The average molecular weight is 787 g/mol. The lowest BCUT2D eigenvalue weighted by Crippen LogP contribution is -2.63. The first-order valence-electron chi connectivity index (χ1n) is 18.6. The molecule has 1 unspecified atom stereocenters. The molecule has 11 heteroatoms. The molecule has 52 heavy (non-hydrogen) atoms. The van der Waals surface area contributed by atoms with Crippen LogP contribution in [0.3, 0.4) is 0 Å². The summed E-state index contributed by atoms with van der Waals surface area (Å²) in [6.45, 7) is 23.6. The fraction of sp³-hybridized carbons (Fsp3) is 0.659. The first kappa shape index (κ1) is 41.7. The molecule has 3 saturated heterocycles. The van der Waals surface area contributed by atoms with Gasteiger partial charge < -0.3 is 29.3 Å². The third-order valence-corrected chi connectivity index (χ3v) is 12.0. The van der Waals surface area contributed by atoms with Gasteiger partial charge in [0.15, 0.2) is 0 Å². The zero-order valence-corrected chi connectivity index (χ0v) is 34.1. The largest absolute Gasteiger partial charge is 0.455 e. The number of alkyl halides is 1. The van der Waals surface area contributed by atoms with E-state index < -0.39 is 65.2 Å². The van der Waals surface area contributed by atoms with Crippen LogP contribution in [0.1, 0.15) is 92.7 Å². The summed E-state index contributed by atoms with van der Waals surface area (Å²) in [5.74, 6) is -3.69. The van der Waals surface area contributed by atoms with E-state index in [0.717, 1.165) is 0 Å². The molecule has 0 aromatic heterocycles. The number of fused-ring (bicyclic) bond motifs is 1. The molecule has 4 rings (SSSR count). The van der Waals surface area contributed by atoms with Gasteiger partial charge in [0.25, 0.3) is 0 Å². The molecule has 0 aliphatic carbocycles. The molecule has 9 atom stereocenters. The van der Waals surface area contributed by atoms with E-state index in [0.29, 0.717) is 24.8 Å². The van der Waals surface area contributed by atoms with Crippen molar-refractivity contribution in [2.75, 3.05) is 20.2 Å². The van der Waals surface area contributed by atoms with Crippen LogP contribution in [0, 0.1) is 23.2 Å². The molecule has 288 valence electrons. The number of carbonyl (C=O) groups excluding carboxylic acids is 4. The van der Waals surface area contributed by atoms with Gasteiger partial charge in [-0.05, 0) is 56.9 Å². The topological polar surface area (TPSA) is 117 Å². The summed E-state index contributed by atoms with van der Waals surface area (Å²) in [6.07, 6.45) is 3.58. The molecule has 3 fully saturated rings. The van der Waals surface area contributed by atoms with Crippen LogP contribution >= 0.6 is 15.9 Å². The summed E-state index contributed by atoms with van der Waals surface area (Å²) in [7, 11) is 1.69. The van der Waals surface area contributed by atoms with Gasteiger partial charge in [0.1, 0.15) is 17.7 Å². The lowest BCUT2D eigenvalue weighted by atomic mass is 9.70. The summed E-state index contributed by atoms with van der Waals surface area (Å²) >= 11 is 3.77. The molecule has 0 radical (unpaired) electrons. The molecule has 3 heterocycles. The zero-order chi connectivity index (χ0) is 38.9. The SMILES string of the molecule is C=CCCC(=O)N(C)[C@@H](C)[C@@H](OC(=O)[C@H]1[C@@H]2O[C@@]3(CC2Br)[C@@H]1C(=O)N([C@@H](CO)C(C)C)[C@@H]3C(=O)N(CC=C)C(C)(C)CC(C)(C)C)c1ccccc1. The van der Waals surface area contributed by atoms with Gasteiger partial charge in [0.2, 0.25) is 17.7 Å². The van der Waals surface area contributed by atoms with Crippen molar-refractivity contribution in [2.24, 2.45) is 23.2 Å². The normalized spacial score (nSPS) is 27.2. The predicted molar refractivity (Wildman–Crippen MR) is 205 cm³/mol. The highest BCUT2D eigenvalue weighted by Crippen LogP contribution is 2.61. The molecule has 1 spiro atoms. The maximum atomic E-state index is 15.2. The lowest BCUT2D eigenvalue weighted by molar-refractivity contribution is -0.165. The summed E-state index contributed by atoms with van der Waals surface area (Å²) in [6, 6.07) is 6.92. The third kappa shape index (κ3) is 7.92. The summed E-state index contributed by atoms with van der Waals surface area (Å²) in [4.78, 5) is 62.4. The number of hydrogen-bond acceptors (Lipinski definition) is 7. The van der Waals surface area contributed by atoms with Crippen molar-refractivity contribution < 1.29 is 33.8 Å². The number of esters is 1. The van der Waals surface area contributed by atoms with Crippen molar-refractivity contribution in [3.05, 3.63) is 61.2 Å². The smallest absolute Gasteiger partial charge is 0.313 e. The van der Waals surface area contributed by atoms with E-state index >= 15 is 4.79 Å². The highest BCUT2D eigenvalue weighted by atomic mass is 79.9. The number of aliphatic hydroxyl groups excluding tert-OH is 1. The minimum Gasteiger partial charge on any atom is -0.455 e. The lowest BCUT2D eigenvalue weighted by Gasteiger charge is -2.47. The van der Waals surface area contributed by atoms with Crippen LogP contribution in [0.2, 0.25) is 0 Å². The Balaban J connectivity index is 1.80. The number of likely N-dealkylation sites (N-methyl/N-ethyl adjacent to an activating group) is 1. The Labute approximate surface area is 319 Å². The molecule has 3 aliphatic rings. The van der Waals surface area contributed by atoms with Crippen molar-refractivity contribution in [1.29, 1.82) is 0 Å². The van der Waals surface area contributed by atoms with Gasteiger partial charge in [0, 0.05) is 30.4 Å². The number of ether oxygens (including phenoxy) is 2. The molecule has 1 aromatic rings. The number of aliphatic hydroxyl groups is 1. The van der Waals surface area contributed by atoms with Crippen molar-refractivity contribution >= 4 is 39.6 Å². The molecule has 2 bridgehead atoms. The standard InChI is InChI=1S/C41H60BrN3O7/c1-12-14-20-30(47)43(11)26(5)33(27-18-16-15-17-19-27)51-38(50)31-32-36(48)45(29(23-46)25(3)4)35(41(32)22-28(42)34(31)52-41)37(49)44(21-13-2)40(9,10)24-39(6,7)8/h12-13,15-19,25-26,28-29,31-35,46H,1-2,14,20-24H2,3-11H3/t26-,28?,29-,31+,32-,33+,34+,35+,41-/m0/s1. The quantitative estimate of drug-likeness (QED) is 0.123. The molecule has 3 aliphatic heterocycles. The number of amides is 3. The van der Waals surface area contributed by atoms with Crippen LogP contribution < -0.4 is 0 Å². The third-order valence-electron chi connectivity index (χ3n) is 11.2. The fourth-order valence-corrected chi connectivity index (χ4v) is 9.97. The van der Waals surface area contributed by atoms with Crippen molar-refractivity contribution in [1.82, 2.24) is 14.7 Å². The van der Waals surface area contributed by atoms with Gasteiger partial charge in [-0.15, -0.1) is 13.2 Å². The number of allylic oxidation sites excluding steroid dienone is 1. The van der Waals surface area contributed by atoms with Crippen LogP contribution in [0.15, 0.2) is 55.6 Å². The highest BCUT2D eigenvalue weighted by Gasteiger charge is 2.78. The first-order chi connectivity index (χ1) is 24.3. The van der Waals surface area contributed by atoms with E-state index in [9.17, 15) is 19.5 Å². The second-order valence-electron chi connectivity index (χ2n) is 17.0. The van der Waals surface area contributed by atoms with Crippen LogP contribution in [-0.4, -0.2) is 104 Å². The Morgan fingerprint density at radius 3 is 2.29 bits per heavy atom. The number of likely N-dealkylation sites (tertiary alicyclic amines) is 1. The summed E-state index contributed by atoms with van der Waals surface area (Å²) in [5.41, 5.74) is -1.39. The Morgan fingerprint density at radius 2 is 1.75 bits per heavy atom. The van der Waals surface area contributed by atoms with E-state index in [2.05, 4.69) is 49.9 Å². The number of nitrogens with zero attached hydrogens (tertiary/aromatic N) is 3. The molecule has 10 nitrogen and oxygen atoms in total. The van der Waals surface area contributed by atoms with E-state index in [1.807, 2.05) is 65.0 Å². The van der Waals surface area contributed by atoms with Gasteiger partial charge in [-0.2, -0.15) is 0 Å². The van der Waals surface area contributed by atoms with Crippen LogP contribution in [0.5, 0.6) is 0 Å². The van der Waals surface area contributed by atoms with E-state index in [1.165, 1.54) is 4.90 Å². The van der Waals surface area contributed by atoms with E-state index in [4.69, 9.17) is 9.47 Å². The predicted octanol–water partition coefficient (Wildman–Crippen LogP) is 6.08. The van der Waals surface area contributed by atoms with E-state index in [-0.39, 0.29) is 47.5 Å². The van der Waals surface area contributed by atoms with Gasteiger partial charge in [-0.25, -0.2) is 0 Å². The summed E-state index contributed by atoms with van der Waals surface area (Å²) < 4.78 is 13.2. The maximum absolute atomic E-state index is 15.2. The second kappa shape index (κ2) is 16.1. The number of hydrogen-bond donors (Lipinski definition) is 1. The molecule has 3 amide bonds. The first-order valence-corrected chi connectivity index (χ1v) is 19.5. The van der Waals surface area contributed by atoms with Crippen molar-refractivity contribution in [3.63, 3.8) is 0 Å². The number of rotatable bonds is 16. The zero-order valence-electron chi connectivity index (χ0n) is 32.5. The number of benzene rings is 1. The average Bonchev–Trinajstić information content (AvgIpc) is 3.66. The van der Waals surface area contributed by atoms with Crippen molar-refractivity contribution in [2.45, 2.75) is 127 Å². The second-order valence-corrected chi connectivity index (χ2v) is 18.2. The highest BCUT2D eigenvalue weighted by molar-refractivity contribution is 9.09. The van der Waals surface area contributed by atoms with Gasteiger partial charge in [-0.3, -0.25) is 19.2 Å². The Kier molecular flexibility index (Phi) is 13.0. The van der Waals surface area contributed by atoms with Crippen LogP contribution in [0.4, 0.5) is 0 Å². The van der Waals surface area contributed by atoms with Gasteiger partial charge >= 0.3 is 5.97 Å².